The summed E-state index contributed by atoms with van der Waals surface area (Å²) < 4.78 is 39.7. The van der Waals surface area contributed by atoms with Crippen molar-refractivity contribution in [2.24, 2.45) is 0 Å². The van der Waals surface area contributed by atoms with Gasteiger partial charge in [0.05, 0.1) is 11.3 Å². The predicted octanol–water partition coefficient (Wildman–Crippen LogP) is 3.55. The molecular weight excluding hydrogens is 343 g/mol. The van der Waals surface area contributed by atoms with Gasteiger partial charge in [0.15, 0.2) is 0 Å². The maximum Gasteiger partial charge on any atom is 0.418 e. The minimum atomic E-state index is -4.50. The summed E-state index contributed by atoms with van der Waals surface area (Å²) in [5, 5.41) is 0. The van der Waals surface area contributed by atoms with Gasteiger partial charge in [0.25, 0.3) is 5.91 Å². The second-order valence-electron chi connectivity index (χ2n) is 6.43. The van der Waals surface area contributed by atoms with E-state index in [1.54, 1.807) is 23.1 Å². The normalized spacial score (nSPS) is 16.4. The lowest BCUT2D eigenvalue weighted by Crippen LogP contribution is -2.34. The molecule has 7 heteroatoms. The maximum absolute atomic E-state index is 13.2. The molecule has 0 bridgehead atoms. The number of alkyl halides is 3. The minimum Gasteiger partial charge on any atom is -0.337 e. The number of benzene rings is 1. The number of amides is 1. The van der Waals surface area contributed by atoms with Gasteiger partial charge in [-0.25, -0.2) is 0 Å². The lowest BCUT2D eigenvalue weighted by atomic mass is 10.0. The first kappa shape index (κ1) is 18.4. The molecule has 1 aliphatic heterocycles. The number of pyridine rings is 1. The molecule has 2 heterocycles. The Bertz CT molecular complexity index is 792. The van der Waals surface area contributed by atoms with Crippen LogP contribution in [0.25, 0.3) is 11.3 Å². The summed E-state index contributed by atoms with van der Waals surface area (Å²) in [6.07, 6.45) is -2.30. The highest BCUT2D eigenvalue weighted by molar-refractivity contribution is 5.95. The third-order valence-corrected chi connectivity index (χ3v) is 4.50. The van der Waals surface area contributed by atoms with Crippen LogP contribution in [0.5, 0.6) is 0 Å². The molecule has 1 aliphatic rings. The average molecular weight is 363 g/mol. The highest BCUT2D eigenvalue weighted by Gasteiger charge is 2.34. The van der Waals surface area contributed by atoms with Crippen molar-refractivity contribution in [3.63, 3.8) is 0 Å². The molecule has 1 amide bonds. The lowest BCUT2D eigenvalue weighted by molar-refractivity contribution is -0.137. The number of carbonyl (C=O) groups is 1. The van der Waals surface area contributed by atoms with E-state index in [1.807, 2.05) is 7.05 Å². The van der Waals surface area contributed by atoms with Gasteiger partial charge in [-0.05, 0) is 44.3 Å². The SMILES string of the molecule is CN1CCCN(C(=O)c2cccc(-c3ncccc3C(F)(F)F)c2)CC1. The number of halogens is 3. The highest BCUT2D eigenvalue weighted by atomic mass is 19.4. The lowest BCUT2D eigenvalue weighted by Gasteiger charge is -2.21. The van der Waals surface area contributed by atoms with E-state index in [0.717, 1.165) is 25.6 Å². The molecule has 0 N–H and O–H groups in total. The third kappa shape index (κ3) is 4.04. The minimum absolute atomic E-state index is 0.161. The quantitative estimate of drug-likeness (QED) is 0.819. The van der Waals surface area contributed by atoms with Crippen molar-refractivity contribution in [3.8, 4) is 11.3 Å². The number of carbonyl (C=O) groups excluding carboxylic acids is 1. The zero-order valence-electron chi connectivity index (χ0n) is 14.5. The first-order valence-corrected chi connectivity index (χ1v) is 8.47. The molecule has 1 saturated heterocycles. The average Bonchev–Trinajstić information content (AvgIpc) is 2.85. The summed E-state index contributed by atoms with van der Waals surface area (Å²) >= 11 is 0. The molecule has 0 saturated carbocycles. The second kappa shape index (κ2) is 7.45. The van der Waals surface area contributed by atoms with Crippen molar-refractivity contribution in [1.82, 2.24) is 14.8 Å². The largest absolute Gasteiger partial charge is 0.418 e. The molecule has 26 heavy (non-hydrogen) atoms. The second-order valence-corrected chi connectivity index (χ2v) is 6.43. The topological polar surface area (TPSA) is 36.4 Å². The van der Waals surface area contributed by atoms with Crippen LogP contribution in [-0.4, -0.2) is 53.9 Å². The molecule has 1 aromatic carbocycles. The van der Waals surface area contributed by atoms with Crippen LogP contribution in [0.4, 0.5) is 13.2 Å². The Morgan fingerprint density at radius 3 is 2.65 bits per heavy atom. The first-order chi connectivity index (χ1) is 12.4. The van der Waals surface area contributed by atoms with Crippen LogP contribution in [0, 0.1) is 0 Å². The van der Waals surface area contributed by atoms with E-state index >= 15 is 0 Å². The molecule has 1 fully saturated rings. The van der Waals surface area contributed by atoms with Crippen LogP contribution in [0.15, 0.2) is 42.6 Å². The van der Waals surface area contributed by atoms with E-state index in [1.165, 1.54) is 18.3 Å². The number of nitrogens with zero attached hydrogens (tertiary/aromatic N) is 3. The van der Waals surface area contributed by atoms with Gasteiger partial charge >= 0.3 is 6.18 Å². The van der Waals surface area contributed by atoms with Gasteiger partial charge in [-0.2, -0.15) is 13.2 Å². The van der Waals surface area contributed by atoms with Crippen molar-refractivity contribution in [2.45, 2.75) is 12.6 Å². The summed E-state index contributed by atoms with van der Waals surface area (Å²) in [6.45, 7) is 2.96. The Kier molecular flexibility index (Phi) is 5.27. The fourth-order valence-corrected chi connectivity index (χ4v) is 3.10. The standard InChI is InChI=1S/C19H20F3N3O/c1-24-9-4-10-25(12-11-24)18(26)15-6-2-5-14(13-15)17-16(19(20,21)22)7-3-8-23-17/h2-3,5-8,13H,4,9-12H2,1H3. The van der Waals surface area contributed by atoms with Crippen LogP contribution in [0.1, 0.15) is 22.3 Å². The molecule has 0 radical (unpaired) electrons. The van der Waals surface area contributed by atoms with Crippen molar-refractivity contribution in [2.75, 3.05) is 33.2 Å². The monoisotopic (exact) mass is 363 g/mol. The van der Waals surface area contributed by atoms with Gasteiger partial charge in [-0.3, -0.25) is 9.78 Å². The van der Waals surface area contributed by atoms with Gasteiger partial charge in [0, 0.05) is 37.0 Å². The fourth-order valence-electron chi connectivity index (χ4n) is 3.10. The van der Waals surface area contributed by atoms with Crippen molar-refractivity contribution >= 4 is 5.91 Å². The Balaban J connectivity index is 1.91. The van der Waals surface area contributed by atoms with E-state index < -0.39 is 11.7 Å². The summed E-state index contributed by atoms with van der Waals surface area (Å²) in [5.41, 5.74) is -0.298. The molecule has 2 aromatic rings. The Labute approximate surface area is 150 Å². The Morgan fingerprint density at radius 1 is 1.08 bits per heavy atom. The van der Waals surface area contributed by atoms with E-state index in [9.17, 15) is 18.0 Å². The maximum atomic E-state index is 13.2. The molecule has 138 valence electrons. The van der Waals surface area contributed by atoms with Gasteiger partial charge in [0.1, 0.15) is 0 Å². The molecule has 4 nitrogen and oxygen atoms in total. The number of likely N-dealkylation sites (N-methyl/N-ethyl adjacent to an activating group) is 1. The zero-order chi connectivity index (χ0) is 18.7. The third-order valence-electron chi connectivity index (χ3n) is 4.50. The van der Waals surface area contributed by atoms with E-state index in [4.69, 9.17) is 0 Å². The number of aromatic nitrogens is 1. The Morgan fingerprint density at radius 2 is 1.88 bits per heavy atom. The van der Waals surface area contributed by atoms with Gasteiger partial charge in [0.2, 0.25) is 0 Å². The van der Waals surface area contributed by atoms with Crippen LogP contribution in [0.2, 0.25) is 0 Å². The van der Waals surface area contributed by atoms with E-state index in [-0.39, 0.29) is 17.2 Å². The summed E-state index contributed by atoms with van der Waals surface area (Å²) in [5.74, 6) is -0.161. The van der Waals surface area contributed by atoms with Gasteiger partial charge in [-0.1, -0.05) is 12.1 Å². The number of rotatable bonds is 2. The first-order valence-electron chi connectivity index (χ1n) is 8.47. The van der Waals surface area contributed by atoms with Crippen LogP contribution in [-0.2, 0) is 6.18 Å². The molecule has 3 rings (SSSR count). The molecule has 1 aromatic heterocycles. The molecular formula is C19H20F3N3O. The smallest absolute Gasteiger partial charge is 0.337 e. The Hall–Kier alpha value is -2.41. The van der Waals surface area contributed by atoms with Crippen LogP contribution >= 0.6 is 0 Å². The van der Waals surface area contributed by atoms with Crippen molar-refractivity contribution in [3.05, 3.63) is 53.7 Å². The van der Waals surface area contributed by atoms with Gasteiger partial charge < -0.3 is 9.80 Å². The summed E-state index contributed by atoms with van der Waals surface area (Å²) in [6, 6.07) is 8.54. The highest BCUT2D eigenvalue weighted by Crippen LogP contribution is 2.35. The fraction of sp³-hybridized carbons (Fsp3) is 0.368. The van der Waals surface area contributed by atoms with E-state index in [0.29, 0.717) is 18.7 Å². The predicted molar refractivity (Wildman–Crippen MR) is 92.7 cm³/mol. The van der Waals surface area contributed by atoms with Crippen molar-refractivity contribution < 1.29 is 18.0 Å². The van der Waals surface area contributed by atoms with E-state index in [2.05, 4.69) is 9.88 Å². The molecule has 0 aliphatic carbocycles. The van der Waals surface area contributed by atoms with Gasteiger partial charge in [-0.15, -0.1) is 0 Å². The summed E-state index contributed by atoms with van der Waals surface area (Å²) in [4.78, 5) is 20.6. The summed E-state index contributed by atoms with van der Waals surface area (Å²) in [7, 11) is 2.01. The molecule has 0 atom stereocenters. The zero-order valence-corrected chi connectivity index (χ0v) is 14.5. The van der Waals surface area contributed by atoms with Crippen LogP contribution in [0.3, 0.4) is 0 Å². The molecule has 0 unspecified atom stereocenters. The number of hydrogen-bond donors (Lipinski definition) is 0. The van der Waals surface area contributed by atoms with Crippen molar-refractivity contribution in [1.29, 1.82) is 0 Å². The van der Waals surface area contributed by atoms with Crippen LogP contribution < -0.4 is 0 Å². The molecule has 0 spiro atoms. The number of hydrogen-bond acceptors (Lipinski definition) is 3.